The maximum absolute atomic E-state index is 12.2. The summed E-state index contributed by atoms with van der Waals surface area (Å²) in [4.78, 5) is 15.5. The monoisotopic (exact) mass is 401 g/mol. The fourth-order valence-electron chi connectivity index (χ4n) is 3.78. The first-order valence-corrected chi connectivity index (χ1v) is 9.79. The van der Waals surface area contributed by atoms with Crippen LogP contribution in [0.1, 0.15) is 35.4 Å². The van der Waals surface area contributed by atoms with Gasteiger partial charge in [-0.15, -0.1) is 12.4 Å². The van der Waals surface area contributed by atoms with Crippen molar-refractivity contribution >= 4 is 29.2 Å². The summed E-state index contributed by atoms with van der Waals surface area (Å²) < 4.78 is 2.08. The molecule has 3 N–H and O–H groups in total. The van der Waals surface area contributed by atoms with Crippen LogP contribution in [0.15, 0.2) is 30.5 Å². The molecule has 6 nitrogen and oxygen atoms in total. The second-order valence-corrected chi connectivity index (χ2v) is 7.29. The highest BCUT2D eigenvalue weighted by Crippen LogP contribution is 2.21. The molecule has 2 aromatic heterocycles. The minimum Gasteiger partial charge on any atom is -0.361 e. The van der Waals surface area contributed by atoms with Crippen molar-refractivity contribution < 1.29 is 4.79 Å². The molecule has 0 spiro atoms. The Labute approximate surface area is 171 Å². The molecule has 0 saturated heterocycles. The van der Waals surface area contributed by atoms with Gasteiger partial charge in [0.2, 0.25) is 5.91 Å². The van der Waals surface area contributed by atoms with Crippen LogP contribution in [-0.4, -0.2) is 33.8 Å². The Balaban J connectivity index is 0.00000225. The molecule has 0 aliphatic carbocycles. The van der Waals surface area contributed by atoms with Gasteiger partial charge in [0.25, 0.3) is 0 Å². The molecular formula is C21H28ClN5O. The van der Waals surface area contributed by atoms with Gasteiger partial charge in [0.1, 0.15) is 0 Å². The Morgan fingerprint density at radius 2 is 2.21 bits per heavy atom. The highest BCUT2D eigenvalue weighted by molar-refractivity contribution is 5.86. The number of halogens is 1. The van der Waals surface area contributed by atoms with E-state index in [-0.39, 0.29) is 18.3 Å². The number of rotatable bonds is 6. The van der Waals surface area contributed by atoms with E-state index in [1.54, 1.807) is 0 Å². The molecule has 7 heteroatoms. The predicted molar refractivity (Wildman–Crippen MR) is 114 cm³/mol. The summed E-state index contributed by atoms with van der Waals surface area (Å²) in [6.45, 7) is 5.62. The summed E-state index contributed by atoms with van der Waals surface area (Å²) in [5.74, 6) is 0.0901. The molecule has 0 fully saturated rings. The fourth-order valence-corrected chi connectivity index (χ4v) is 3.78. The first kappa shape index (κ1) is 20.4. The number of fused-ring (bicyclic) bond motifs is 2. The summed E-state index contributed by atoms with van der Waals surface area (Å²) in [6, 6.07) is 8.44. The van der Waals surface area contributed by atoms with Gasteiger partial charge in [-0.2, -0.15) is 5.10 Å². The quantitative estimate of drug-likeness (QED) is 0.594. The molecule has 0 atom stereocenters. The average molecular weight is 402 g/mol. The third kappa shape index (κ3) is 4.56. The van der Waals surface area contributed by atoms with E-state index in [1.165, 1.54) is 27.7 Å². The molecule has 28 heavy (non-hydrogen) atoms. The van der Waals surface area contributed by atoms with Gasteiger partial charge in [-0.3, -0.25) is 9.48 Å². The van der Waals surface area contributed by atoms with E-state index in [0.29, 0.717) is 19.4 Å². The molecule has 0 bridgehead atoms. The lowest BCUT2D eigenvalue weighted by atomic mass is 10.1. The minimum atomic E-state index is 0. The van der Waals surface area contributed by atoms with Crippen molar-refractivity contribution in [1.29, 1.82) is 0 Å². The Morgan fingerprint density at radius 3 is 3.11 bits per heavy atom. The number of aryl methyl sites for hydroxylation is 3. The second kappa shape index (κ2) is 9.26. The van der Waals surface area contributed by atoms with E-state index in [0.717, 1.165) is 38.2 Å². The number of aromatic amines is 1. The number of nitrogens with zero attached hydrogens (tertiary/aromatic N) is 2. The van der Waals surface area contributed by atoms with Crippen LogP contribution in [0.4, 0.5) is 0 Å². The summed E-state index contributed by atoms with van der Waals surface area (Å²) in [5.41, 5.74) is 5.91. The zero-order valence-corrected chi connectivity index (χ0v) is 17.1. The van der Waals surface area contributed by atoms with Gasteiger partial charge < -0.3 is 15.6 Å². The lowest BCUT2D eigenvalue weighted by molar-refractivity contribution is -0.121. The average Bonchev–Trinajstić information content (AvgIpc) is 3.19. The van der Waals surface area contributed by atoms with Gasteiger partial charge in [-0.1, -0.05) is 18.2 Å². The summed E-state index contributed by atoms with van der Waals surface area (Å²) in [5, 5.41) is 12.3. The number of carbonyl (C=O) groups is 1. The van der Waals surface area contributed by atoms with Crippen molar-refractivity contribution in [2.45, 2.75) is 45.7 Å². The van der Waals surface area contributed by atoms with E-state index in [2.05, 4.69) is 62.8 Å². The highest BCUT2D eigenvalue weighted by Gasteiger charge is 2.12. The Bertz CT molecular complexity index is 922. The number of hydrogen-bond donors (Lipinski definition) is 3. The summed E-state index contributed by atoms with van der Waals surface area (Å²) in [6.07, 6.45) is 5.16. The van der Waals surface area contributed by atoms with Crippen molar-refractivity contribution in [3.8, 4) is 0 Å². The molecule has 0 radical (unpaired) electrons. The smallest absolute Gasteiger partial charge is 0.220 e. The Morgan fingerprint density at radius 1 is 1.32 bits per heavy atom. The molecule has 3 heterocycles. The molecule has 1 amide bonds. The standard InChI is InChI=1S/C21H27N5O.ClH/c1-15-4-2-5-19-16(13-24-21(15)19)8-10-23-20(27)7-6-17-12-18-14-22-9-3-11-26(18)25-17;/h2,4-5,12-13,22,24H,3,6-11,14H2,1H3,(H,23,27);1H. The van der Waals surface area contributed by atoms with Crippen LogP contribution in [0.5, 0.6) is 0 Å². The zero-order chi connectivity index (χ0) is 18.6. The Kier molecular flexibility index (Phi) is 6.75. The van der Waals surface area contributed by atoms with Crippen molar-refractivity contribution in [3.63, 3.8) is 0 Å². The maximum atomic E-state index is 12.2. The number of hydrogen-bond acceptors (Lipinski definition) is 3. The number of nitrogens with one attached hydrogen (secondary N) is 3. The van der Waals surface area contributed by atoms with Gasteiger partial charge in [0, 0.05) is 49.6 Å². The molecule has 3 aromatic rings. The molecule has 1 aliphatic rings. The van der Waals surface area contributed by atoms with Gasteiger partial charge in [-0.05, 0) is 43.5 Å². The SMILES string of the molecule is Cc1cccc2c(CCNC(=O)CCc3cc4n(n3)CCCNC4)c[nH]c12.Cl. The fraction of sp³-hybridized carbons (Fsp3) is 0.429. The van der Waals surface area contributed by atoms with Crippen LogP contribution in [0, 0.1) is 6.92 Å². The number of amides is 1. The lowest BCUT2D eigenvalue weighted by Crippen LogP contribution is -2.25. The van der Waals surface area contributed by atoms with E-state index < -0.39 is 0 Å². The van der Waals surface area contributed by atoms with Gasteiger partial charge in [0.05, 0.1) is 11.4 Å². The van der Waals surface area contributed by atoms with Crippen LogP contribution in [-0.2, 0) is 30.7 Å². The Hall–Kier alpha value is -2.31. The lowest BCUT2D eigenvalue weighted by Gasteiger charge is -2.04. The van der Waals surface area contributed by atoms with Crippen LogP contribution in [0.2, 0.25) is 0 Å². The first-order chi connectivity index (χ1) is 13.2. The summed E-state index contributed by atoms with van der Waals surface area (Å²) in [7, 11) is 0. The van der Waals surface area contributed by atoms with Crippen LogP contribution >= 0.6 is 12.4 Å². The van der Waals surface area contributed by atoms with E-state index in [9.17, 15) is 4.79 Å². The van der Waals surface area contributed by atoms with Crippen LogP contribution < -0.4 is 10.6 Å². The van der Waals surface area contributed by atoms with Crippen LogP contribution in [0.3, 0.4) is 0 Å². The molecule has 4 rings (SSSR count). The topological polar surface area (TPSA) is 74.7 Å². The maximum Gasteiger partial charge on any atom is 0.220 e. The number of H-pyrrole nitrogens is 1. The van der Waals surface area contributed by atoms with Crippen molar-refractivity contribution in [1.82, 2.24) is 25.4 Å². The van der Waals surface area contributed by atoms with Crippen molar-refractivity contribution in [3.05, 3.63) is 53.0 Å². The van der Waals surface area contributed by atoms with Crippen molar-refractivity contribution in [2.24, 2.45) is 0 Å². The van der Waals surface area contributed by atoms with Crippen molar-refractivity contribution in [2.75, 3.05) is 13.1 Å². The van der Waals surface area contributed by atoms with E-state index >= 15 is 0 Å². The van der Waals surface area contributed by atoms with Gasteiger partial charge in [0.15, 0.2) is 0 Å². The first-order valence-electron chi connectivity index (χ1n) is 9.79. The molecule has 150 valence electrons. The largest absolute Gasteiger partial charge is 0.361 e. The number of aromatic nitrogens is 3. The third-order valence-electron chi connectivity index (χ3n) is 5.28. The van der Waals surface area contributed by atoms with Crippen LogP contribution in [0.25, 0.3) is 10.9 Å². The summed E-state index contributed by atoms with van der Waals surface area (Å²) >= 11 is 0. The molecule has 0 saturated carbocycles. The molecule has 0 unspecified atom stereocenters. The molecule has 1 aliphatic heterocycles. The zero-order valence-electron chi connectivity index (χ0n) is 16.3. The second-order valence-electron chi connectivity index (χ2n) is 7.29. The molecule has 1 aromatic carbocycles. The number of benzene rings is 1. The number of para-hydroxylation sites is 1. The molecular weight excluding hydrogens is 374 g/mol. The normalized spacial score (nSPS) is 13.6. The third-order valence-corrected chi connectivity index (χ3v) is 5.28. The van der Waals surface area contributed by atoms with Gasteiger partial charge in [-0.25, -0.2) is 0 Å². The minimum absolute atomic E-state index is 0. The highest BCUT2D eigenvalue weighted by atomic mass is 35.5. The predicted octanol–water partition coefficient (Wildman–Crippen LogP) is 2.88. The van der Waals surface area contributed by atoms with E-state index in [4.69, 9.17) is 0 Å². The van der Waals surface area contributed by atoms with E-state index in [1.807, 2.05) is 0 Å². The van der Waals surface area contributed by atoms with Gasteiger partial charge >= 0.3 is 0 Å². The number of carbonyl (C=O) groups excluding carboxylic acids is 1.